The molecule has 1 amide bonds. The van der Waals surface area contributed by atoms with E-state index in [1.807, 2.05) is 0 Å². The van der Waals surface area contributed by atoms with Gasteiger partial charge >= 0.3 is 6.09 Å². The van der Waals surface area contributed by atoms with Crippen LogP contribution >= 0.6 is 0 Å². The van der Waals surface area contributed by atoms with Gasteiger partial charge in [-0.05, 0) is 49.7 Å². The Bertz CT molecular complexity index is 655. The third-order valence-electron chi connectivity index (χ3n) is 5.81. The lowest BCUT2D eigenvalue weighted by atomic mass is 9.81. The molecule has 0 unspecified atom stereocenters. The van der Waals surface area contributed by atoms with Crippen molar-refractivity contribution in [3.63, 3.8) is 0 Å². The molecule has 3 rings (SSSR count). The maximum atomic E-state index is 10.9. The molecule has 0 radical (unpaired) electrons. The van der Waals surface area contributed by atoms with Gasteiger partial charge in [0.05, 0.1) is 0 Å². The van der Waals surface area contributed by atoms with E-state index in [0.29, 0.717) is 12.0 Å². The van der Waals surface area contributed by atoms with Crippen molar-refractivity contribution in [1.29, 1.82) is 0 Å². The summed E-state index contributed by atoms with van der Waals surface area (Å²) in [5.74, 6) is 0.601. The van der Waals surface area contributed by atoms with Crippen LogP contribution in [0.25, 0.3) is 0 Å². The van der Waals surface area contributed by atoms with Crippen LogP contribution in [0.1, 0.15) is 43.7 Å². The molecule has 0 aliphatic heterocycles. The van der Waals surface area contributed by atoms with Crippen LogP contribution in [0.2, 0.25) is 0 Å². The topological polar surface area (TPSA) is 52.6 Å². The van der Waals surface area contributed by atoms with E-state index in [0.717, 1.165) is 38.8 Å². The Kier molecular flexibility index (Phi) is 6.88. The summed E-state index contributed by atoms with van der Waals surface area (Å²) in [7, 11) is 0. The van der Waals surface area contributed by atoms with Crippen LogP contribution in [0, 0.1) is 5.92 Å². The van der Waals surface area contributed by atoms with Gasteiger partial charge in [0.1, 0.15) is 0 Å². The zero-order valence-electron chi connectivity index (χ0n) is 16.1. The van der Waals surface area contributed by atoms with Gasteiger partial charge < -0.3 is 10.4 Å². The van der Waals surface area contributed by atoms with Crippen molar-refractivity contribution >= 4 is 6.09 Å². The summed E-state index contributed by atoms with van der Waals surface area (Å²) in [5, 5.41) is 11.6. The number of nitrogens with one attached hydrogen (secondary N) is 1. The lowest BCUT2D eigenvalue weighted by molar-refractivity contribution is 0.107. The van der Waals surface area contributed by atoms with Gasteiger partial charge in [-0.2, -0.15) is 0 Å². The van der Waals surface area contributed by atoms with E-state index >= 15 is 0 Å². The van der Waals surface area contributed by atoms with E-state index < -0.39 is 6.09 Å². The Labute approximate surface area is 162 Å². The summed E-state index contributed by atoms with van der Waals surface area (Å²) in [6.45, 7) is 4.20. The Balaban J connectivity index is 1.67. The van der Waals surface area contributed by atoms with E-state index in [9.17, 15) is 4.79 Å². The fraction of sp³-hybridized carbons (Fsp3) is 0.435. The molecule has 0 aromatic heterocycles. The number of hydrogen-bond acceptors (Lipinski definition) is 2. The van der Waals surface area contributed by atoms with Gasteiger partial charge in [0, 0.05) is 25.2 Å². The summed E-state index contributed by atoms with van der Waals surface area (Å²) in [5.41, 5.74) is 2.67. The third-order valence-corrected chi connectivity index (χ3v) is 5.81. The van der Waals surface area contributed by atoms with Crippen LogP contribution in [0.4, 0.5) is 4.79 Å². The molecular weight excluding hydrogens is 336 g/mol. The fourth-order valence-electron chi connectivity index (χ4n) is 4.20. The van der Waals surface area contributed by atoms with Crippen molar-refractivity contribution in [1.82, 2.24) is 10.2 Å². The van der Waals surface area contributed by atoms with Crippen LogP contribution in [0.15, 0.2) is 60.7 Å². The van der Waals surface area contributed by atoms with Crippen molar-refractivity contribution in [2.45, 2.75) is 57.8 Å². The fourth-order valence-corrected chi connectivity index (χ4v) is 4.20. The van der Waals surface area contributed by atoms with Gasteiger partial charge in [-0.1, -0.05) is 60.7 Å². The molecule has 27 heavy (non-hydrogen) atoms. The molecule has 1 aliphatic carbocycles. The average Bonchev–Trinajstić information content (AvgIpc) is 2.69. The Morgan fingerprint density at radius 1 is 0.963 bits per heavy atom. The lowest BCUT2D eigenvalue weighted by Crippen LogP contribution is -2.43. The molecule has 1 saturated carbocycles. The standard InChI is InChI=1S/C23H30N2O2/c1-18(21-12-14-22(15-13-21)24-23(26)27)25(16-19-8-4-2-5-9-19)17-20-10-6-3-7-11-20/h2-11,18,21-22,24H,12-17H2,1H3,(H,26,27)/t18-,21?,22?/m0/s1. The first-order chi connectivity index (χ1) is 13.1. The minimum Gasteiger partial charge on any atom is -0.465 e. The van der Waals surface area contributed by atoms with Crippen molar-refractivity contribution < 1.29 is 9.90 Å². The first-order valence-electron chi connectivity index (χ1n) is 9.93. The molecule has 2 aromatic carbocycles. The smallest absolute Gasteiger partial charge is 0.404 e. The number of benzene rings is 2. The highest BCUT2D eigenvalue weighted by Crippen LogP contribution is 2.30. The summed E-state index contributed by atoms with van der Waals surface area (Å²) in [6.07, 6.45) is 3.12. The van der Waals surface area contributed by atoms with Crippen molar-refractivity contribution in [3.8, 4) is 0 Å². The van der Waals surface area contributed by atoms with E-state index in [2.05, 4.69) is 77.8 Å². The molecule has 144 valence electrons. The summed E-state index contributed by atoms with van der Waals surface area (Å²) in [6, 6.07) is 21.9. The first kappa shape index (κ1) is 19.4. The van der Waals surface area contributed by atoms with Gasteiger partial charge in [-0.15, -0.1) is 0 Å². The molecular formula is C23H30N2O2. The van der Waals surface area contributed by atoms with Crippen LogP contribution in [-0.2, 0) is 13.1 Å². The third kappa shape index (κ3) is 5.83. The highest BCUT2D eigenvalue weighted by Gasteiger charge is 2.29. The number of carbonyl (C=O) groups is 1. The number of nitrogens with zero attached hydrogens (tertiary/aromatic N) is 1. The number of carboxylic acid groups (broad SMARTS) is 1. The second kappa shape index (κ2) is 9.56. The normalized spacial score (nSPS) is 21.0. The molecule has 2 aromatic rings. The van der Waals surface area contributed by atoms with Gasteiger partial charge in [0.25, 0.3) is 0 Å². The number of hydrogen-bond donors (Lipinski definition) is 2. The minimum absolute atomic E-state index is 0.114. The van der Waals surface area contributed by atoms with Gasteiger partial charge in [-0.25, -0.2) is 4.79 Å². The zero-order valence-corrected chi connectivity index (χ0v) is 16.1. The Morgan fingerprint density at radius 3 is 1.89 bits per heavy atom. The second-order valence-corrected chi connectivity index (χ2v) is 7.68. The van der Waals surface area contributed by atoms with Crippen LogP contribution in [0.5, 0.6) is 0 Å². The highest BCUT2D eigenvalue weighted by molar-refractivity contribution is 5.64. The Morgan fingerprint density at radius 2 is 1.44 bits per heavy atom. The highest BCUT2D eigenvalue weighted by atomic mass is 16.4. The van der Waals surface area contributed by atoms with Gasteiger partial charge in [0.2, 0.25) is 0 Å². The Hall–Kier alpha value is -2.33. The summed E-state index contributed by atoms with van der Waals surface area (Å²) < 4.78 is 0. The van der Waals surface area contributed by atoms with Crippen LogP contribution in [0.3, 0.4) is 0 Å². The van der Waals surface area contributed by atoms with E-state index in [1.54, 1.807) is 0 Å². The first-order valence-corrected chi connectivity index (χ1v) is 9.93. The molecule has 0 bridgehead atoms. The molecule has 4 nitrogen and oxygen atoms in total. The zero-order chi connectivity index (χ0) is 19.1. The summed E-state index contributed by atoms with van der Waals surface area (Å²) in [4.78, 5) is 13.4. The number of rotatable bonds is 7. The van der Waals surface area contributed by atoms with Crippen molar-refractivity contribution in [2.24, 2.45) is 5.92 Å². The number of amides is 1. The van der Waals surface area contributed by atoms with E-state index in [1.165, 1.54) is 11.1 Å². The predicted octanol–water partition coefficient (Wildman–Crippen LogP) is 4.90. The summed E-state index contributed by atoms with van der Waals surface area (Å²) >= 11 is 0. The molecule has 0 spiro atoms. The quantitative estimate of drug-likeness (QED) is 0.732. The average molecular weight is 367 g/mol. The predicted molar refractivity (Wildman–Crippen MR) is 108 cm³/mol. The maximum absolute atomic E-state index is 10.9. The van der Waals surface area contributed by atoms with Crippen LogP contribution in [-0.4, -0.2) is 28.2 Å². The molecule has 4 heteroatoms. The molecule has 1 atom stereocenters. The maximum Gasteiger partial charge on any atom is 0.404 e. The molecule has 1 aliphatic rings. The van der Waals surface area contributed by atoms with Crippen molar-refractivity contribution in [2.75, 3.05) is 0 Å². The minimum atomic E-state index is -0.902. The second-order valence-electron chi connectivity index (χ2n) is 7.68. The lowest BCUT2D eigenvalue weighted by Gasteiger charge is -2.38. The van der Waals surface area contributed by atoms with E-state index in [-0.39, 0.29) is 6.04 Å². The van der Waals surface area contributed by atoms with Gasteiger partial charge in [0.15, 0.2) is 0 Å². The molecule has 0 heterocycles. The SMILES string of the molecule is C[C@@H](C1CCC(NC(=O)O)CC1)N(Cc1ccccc1)Cc1ccccc1. The largest absolute Gasteiger partial charge is 0.465 e. The van der Waals surface area contributed by atoms with E-state index in [4.69, 9.17) is 5.11 Å². The molecule has 1 fully saturated rings. The molecule has 2 N–H and O–H groups in total. The van der Waals surface area contributed by atoms with Gasteiger partial charge in [-0.3, -0.25) is 4.90 Å². The monoisotopic (exact) mass is 366 g/mol. The van der Waals surface area contributed by atoms with Crippen molar-refractivity contribution in [3.05, 3.63) is 71.8 Å². The molecule has 0 saturated heterocycles. The van der Waals surface area contributed by atoms with Crippen LogP contribution < -0.4 is 5.32 Å².